The molecule has 0 atom stereocenters. The Labute approximate surface area is 67.2 Å². The average Bonchev–Trinajstić information content (AvgIpc) is 2.37. The standard InChI is InChI=1S/C5H6N3O2S/c1-2-6-5-7-3-4(11-5)8(9)10/h3H,1-2H2,(H,6,7). The van der Waals surface area contributed by atoms with E-state index in [0.717, 1.165) is 11.3 Å². The Bertz CT molecular complexity index is 260. The van der Waals surface area contributed by atoms with Crippen LogP contribution in [0.3, 0.4) is 0 Å². The Morgan fingerprint density at radius 1 is 1.91 bits per heavy atom. The zero-order valence-corrected chi connectivity index (χ0v) is 6.43. The van der Waals surface area contributed by atoms with Gasteiger partial charge in [0.15, 0.2) is 5.13 Å². The maximum atomic E-state index is 10.2. The van der Waals surface area contributed by atoms with Crippen molar-refractivity contribution in [2.75, 3.05) is 11.9 Å². The van der Waals surface area contributed by atoms with E-state index in [1.54, 1.807) is 0 Å². The van der Waals surface area contributed by atoms with Crippen LogP contribution in [0.15, 0.2) is 6.20 Å². The first-order valence-corrected chi connectivity index (χ1v) is 3.69. The average molecular weight is 172 g/mol. The molecule has 1 heterocycles. The fourth-order valence-electron chi connectivity index (χ4n) is 0.539. The second kappa shape index (κ2) is 3.29. The van der Waals surface area contributed by atoms with Crippen LogP contribution in [0, 0.1) is 17.0 Å². The molecule has 0 amide bonds. The SMILES string of the molecule is [CH2]CNc1ncc([N+](=O)[O-])s1. The van der Waals surface area contributed by atoms with E-state index in [4.69, 9.17) is 0 Å². The van der Waals surface area contributed by atoms with E-state index in [1.807, 2.05) is 0 Å². The van der Waals surface area contributed by atoms with Gasteiger partial charge in [0.25, 0.3) is 0 Å². The van der Waals surface area contributed by atoms with E-state index in [1.165, 1.54) is 6.20 Å². The number of rotatable bonds is 3. The van der Waals surface area contributed by atoms with Gasteiger partial charge in [0.05, 0.1) is 4.92 Å². The second-order valence-corrected chi connectivity index (χ2v) is 2.70. The Morgan fingerprint density at radius 3 is 3.09 bits per heavy atom. The van der Waals surface area contributed by atoms with Crippen molar-refractivity contribution in [3.63, 3.8) is 0 Å². The highest BCUT2D eigenvalue weighted by Crippen LogP contribution is 2.24. The number of nitro groups is 1. The fraction of sp³-hybridized carbons (Fsp3) is 0.200. The number of hydrogen-bond donors (Lipinski definition) is 1. The van der Waals surface area contributed by atoms with Gasteiger partial charge in [-0.05, 0) is 18.3 Å². The van der Waals surface area contributed by atoms with E-state index < -0.39 is 4.92 Å². The molecule has 0 saturated heterocycles. The highest BCUT2D eigenvalue weighted by Gasteiger charge is 2.09. The zero-order valence-electron chi connectivity index (χ0n) is 5.61. The van der Waals surface area contributed by atoms with Crippen LogP contribution in [-0.2, 0) is 0 Å². The summed E-state index contributed by atoms with van der Waals surface area (Å²) in [5.41, 5.74) is 0. The van der Waals surface area contributed by atoms with Crippen molar-refractivity contribution in [2.45, 2.75) is 0 Å². The largest absolute Gasteiger partial charge is 0.361 e. The van der Waals surface area contributed by atoms with Gasteiger partial charge in [-0.15, -0.1) is 0 Å². The number of nitrogens with zero attached hydrogens (tertiary/aromatic N) is 2. The van der Waals surface area contributed by atoms with Crippen LogP contribution in [0.4, 0.5) is 10.1 Å². The van der Waals surface area contributed by atoms with E-state index in [-0.39, 0.29) is 5.00 Å². The van der Waals surface area contributed by atoms with Gasteiger partial charge in [0.1, 0.15) is 6.20 Å². The van der Waals surface area contributed by atoms with Crippen molar-refractivity contribution in [3.8, 4) is 0 Å². The predicted molar refractivity (Wildman–Crippen MR) is 42.6 cm³/mol. The Balaban J connectivity index is 2.73. The quantitative estimate of drug-likeness (QED) is 0.551. The first-order valence-electron chi connectivity index (χ1n) is 2.87. The highest BCUT2D eigenvalue weighted by molar-refractivity contribution is 7.18. The fourth-order valence-corrected chi connectivity index (χ4v) is 1.20. The number of aromatic nitrogens is 1. The predicted octanol–water partition coefficient (Wildman–Crippen LogP) is 1.30. The third kappa shape index (κ3) is 1.87. The van der Waals surface area contributed by atoms with Gasteiger partial charge in [-0.25, -0.2) is 4.98 Å². The van der Waals surface area contributed by atoms with Crippen LogP contribution in [0.25, 0.3) is 0 Å². The molecule has 0 spiro atoms. The van der Waals surface area contributed by atoms with Gasteiger partial charge >= 0.3 is 5.00 Å². The summed E-state index contributed by atoms with van der Waals surface area (Å²) in [7, 11) is 0. The summed E-state index contributed by atoms with van der Waals surface area (Å²) < 4.78 is 0. The molecule has 0 saturated carbocycles. The third-order valence-electron chi connectivity index (χ3n) is 0.950. The lowest BCUT2D eigenvalue weighted by atomic mass is 10.8. The smallest absolute Gasteiger partial charge is 0.345 e. The molecule has 0 unspecified atom stereocenters. The van der Waals surface area contributed by atoms with Gasteiger partial charge in [-0.3, -0.25) is 10.1 Å². The van der Waals surface area contributed by atoms with Crippen LogP contribution in [0.2, 0.25) is 0 Å². The van der Waals surface area contributed by atoms with Crippen molar-refractivity contribution >= 4 is 21.5 Å². The molecule has 0 aliphatic rings. The molecule has 1 rings (SSSR count). The molecule has 0 aliphatic carbocycles. The lowest BCUT2D eigenvalue weighted by molar-refractivity contribution is -0.380. The van der Waals surface area contributed by atoms with Gasteiger partial charge in [0, 0.05) is 6.54 Å². The molecule has 0 aromatic carbocycles. The van der Waals surface area contributed by atoms with Crippen LogP contribution in [-0.4, -0.2) is 16.5 Å². The number of anilines is 1. The van der Waals surface area contributed by atoms with E-state index >= 15 is 0 Å². The zero-order chi connectivity index (χ0) is 8.27. The minimum absolute atomic E-state index is 0.0425. The van der Waals surface area contributed by atoms with Gasteiger partial charge < -0.3 is 5.32 Å². The molecule has 6 heteroatoms. The second-order valence-electron chi connectivity index (χ2n) is 1.69. The molecule has 1 aromatic heterocycles. The topological polar surface area (TPSA) is 68.1 Å². The van der Waals surface area contributed by atoms with Crippen molar-refractivity contribution in [2.24, 2.45) is 0 Å². The maximum absolute atomic E-state index is 10.2. The Kier molecular flexibility index (Phi) is 2.37. The Hall–Kier alpha value is -1.17. The molecular weight excluding hydrogens is 166 g/mol. The lowest BCUT2D eigenvalue weighted by Crippen LogP contribution is -1.94. The van der Waals surface area contributed by atoms with E-state index in [0.29, 0.717) is 11.7 Å². The van der Waals surface area contributed by atoms with Crippen LogP contribution >= 0.6 is 11.3 Å². The minimum atomic E-state index is -0.466. The van der Waals surface area contributed by atoms with Crippen molar-refractivity contribution in [1.29, 1.82) is 0 Å². The molecule has 11 heavy (non-hydrogen) atoms. The van der Waals surface area contributed by atoms with Crippen LogP contribution in [0.5, 0.6) is 0 Å². The molecule has 1 aromatic rings. The first-order chi connectivity index (χ1) is 5.24. The molecule has 0 bridgehead atoms. The number of nitrogens with one attached hydrogen (secondary N) is 1. The number of thiazole rings is 1. The van der Waals surface area contributed by atoms with Crippen molar-refractivity contribution < 1.29 is 4.92 Å². The van der Waals surface area contributed by atoms with Crippen molar-refractivity contribution in [1.82, 2.24) is 4.98 Å². The van der Waals surface area contributed by atoms with E-state index in [9.17, 15) is 10.1 Å². The summed E-state index contributed by atoms with van der Waals surface area (Å²) in [5, 5.41) is 13.5. The first kappa shape index (κ1) is 7.93. The Morgan fingerprint density at radius 2 is 2.64 bits per heavy atom. The number of hydrogen-bond acceptors (Lipinski definition) is 5. The van der Waals surface area contributed by atoms with Crippen LogP contribution in [0.1, 0.15) is 0 Å². The van der Waals surface area contributed by atoms with Crippen molar-refractivity contribution in [3.05, 3.63) is 23.2 Å². The highest BCUT2D eigenvalue weighted by atomic mass is 32.1. The summed E-state index contributed by atoms with van der Waals surface area (Å²) in [6, 6.07) is 0. The van der Waals surface area contributed by atoms with Crippen LogP contribution < -0.4 is 5.32 Å². The minimum Gasteiger partial charge on any atom is -0.361 e. The van der Waals surface area contributed by atoms with Gasteiger partial charge in [-0.1, -0.05) is 0 Å². The lowest BCUT2D eigenvalue weighted by Gasteiger charge is -1.91. The summed E-state index contributed by atoms with van der Waals surface area (Å²) in [6.45, 7) is 4.00. The summed E-state index contributed by atoms with van der Waals surface area (Å²) in [6.07, 6.45) is 1.22. The molecule has 59 valence electrons. The third-order valence-corrected chi connectivity index (χ3v) is 1.86. The normalized spacial score (nSPS) is 9.55. The summed E-state index contributed by atoms with van der Waals surface area (Å²) in [5.74, 6) is 0. The molecule has 0 fully saturated rings. The monoisotopic (exact) mass is 172 g/mol. The van der Waals surface area contributed by atoms with E-state index in [2.05, 4.69) is 17.2 Å². The molecule has 0 aliphatic heterocycles. The summed E-state index contributed by atoms with van der Waals surface area (Å²) in [4.78, 5) is 13.4. The summed E-state index contributed by atoms with van der Waals surface area (Å²) >= 11 is 1.00. The molecule has 1 radical (unpaired) electrons. The molecule has 1 N–H and O–H groups in total. The van der Waals surface area contributed by atoms with Gasteiger partial charge in [-0.2, -0.15) is 0 Å². The van der Waals surface area contributed by atoms with Gasteiger partial charge in [0.2, 0.25) is 0 Å². The molecule has 5 nitrogen and oxygen atoms in total. The maximum Gasteiger partial charge on any atom is 0.345 e. The molecular formula is C5H6N3O2S.